The van der Waals surface area contributed by atoms with Crippen LogP contribution in [0.1, 0.15) is 25.7 Å². The van der Waals surface area contributed by atoms with Crippen molar-refractivity contribution in [1.82, 2.24) is 20.0 Å². The number of aliphatic imine (C=N–C) groups is 1. The van der Waals surface area contributed by atoms with Gasteiger partial charge in [0.15, 0.2) is 5.96 Å². The van der Waals surface area contributed by atoms with Gasteiger partial charge in [0, 0.05) is 59.5 Å². The van der Waals surface area contributed by atoms with Crippen molar-refractivity contribution in [2.24, 2.45) is 4.99 Å². The Bertz CT molecular complexity index is 440. The Labute approximate surface area is 181 Å². The van der Waals surface area contributed by atoms with Gasteiger partial charge >= 0.3 is 0 Å². The van der Waals surface area contributed by atoms with Gasteiger partial charge in [0.1, 0.15) is 6.10 Å². The number of nitrogens with zero attached hydrogens (tertiary/aromatic N) is 4. The molecule has 0 aromatic rings. The molecule has 3 fully saturated rings. The first-order valence-electron chi connectivity index (χ1n) is 10.4. The number of ether oxygens (including phenoxy) is 2. The Morgan fingerprint density at radius 1 is 1.04 bits per heavy atom. The van der Waals surface area contributed by atoms with Crippen molar-refractivity contribution in [3.8, 4) is 0 Å². The van der Waals surface area contributed by atoms with E-state index >= 15 is 0 Å². The standard InChI is InChI=1S/C19H37N5O2.HI/c1-20-19(21-7-3-4-8-23-11-9-22(2)10-12-23)24-13-15-26-18(16-24)17-6-5-14-25-17;/h17-18H,3-16H2,1-2H3,(H,20,21);1H. The smallest absolute Gasteiger partial charge is 0.193 e. The summed E-state index contributed by atoms with van der Waals surface area (Å²) < 4.78 is 11.8. The maximum atomic E-state index is 5.95. The van der Waals surface area contributed by atoms with E-state index < -0.39 is 0 Å². The lowest BCUT2D eigenvalue weighted by Gasteiger charge is -2.37. The van der Waals surface area contributed by atoms with Gasteiger partial charge in [-0.25, -0.2) is 0 Å². The van der Waals surface area contributed by atoms with Crippen LogP contribution in [0.5, 0.6) is 0 Å². The SMILES string of the molecule is CN=C(NCCCCN1CCN(C)CC1)N1CCOC(C2CCCO2)C1.I. The van der Waals surface area contributed by atoms with Gasteiger partial charge < -0.3 is 29.5 Å². The molecule has 0 saturated carbocycles. The first-order valence-corrected chi connectivity index (χ1v) is 10.4. The molecule has 8 heteroatoms. The number of morpholine rings is 1. The number of piperazine rings is 1. The van der Waals surface area contributed by atoms with Gasteiger partial charge in [-0.2, -0.15) is 0 Å². The number of hydrogen-bond donors (Lipinski definition) is 1. The Morgan fingerprint density at radius 3 is 2.52 bits per heavy atom. The third-order valence-corrected chi connectivity index (χ3v) is 5.76. The number of likely N-dealkylation sites (N-methyl/N-ethyl adjacent to an activating group) is 1. The molecule has 27 heavy (non-hydrogen) atoms. The summed E-state index contributed by atoms with van der Waals surface area (Å²) in [6.45, 7) is 10.5. The molecule has 0 aromatic carbocycles. The van der Waals surface area contributed by atoms with Crippen molar-refractivity contribution < 1.29 is 9.47 Å². The molecule has 2 atom stereocenters. The fourth-order valence-electron chi connectivity index (χ4n) is 4.05. The Balaban J connectivity index is 0.00000261. The van der Waals surface area contributed by atoms with E-state index in [0.717, 1.165) is 51.6 Å². The van der Waals surface area contributed by atoms with E-state index in [4.69, 9.17) is 9.47 Å². The van der Waals surface area contributed by atoms with Crippen molar-refractivity contribution in [3.05, 3.63) is 0 Å². The second-order valence-electron chi connectivity index (χ2n) is 7.73. The number of hydrogen-bond acceptors (Lipinski definition) is 5. The van der Waals surface area contributed by atoms with Crippen molar-refractivity contribution in [1.29, 1.82) is 0 Å². The third kappa shape index (κ3) is 7.30. The molecule has 7 nitrogen and oxygen atoms in total. The van der Waals surface area contributed by atoms with Crippen LogP contribution in [0.3, 0.4) is 0 Å². The highest BCUT2D eigenvalue weighted by molar-refractivity contribution is 14.0. The zero-order chi connectivity index (χ0) is 18.2. The van der Waals surface area contributed by atoms with Crippen molar-refractivity contribution in [3.63, 3.8) is 0 Å². The highest BCUT2D eigenvalue weighted by Gasteiger charge is 2.32. The Morgan fingerprint density at radius 2 is 1.81 bits per heavy atom. The van der Waals surface area contributed by atoms with Crippen LogP contribution in [-0.2, 0) is 9.47 Å². The van der Waals surface area contributed by atoms with E-state index in [0.29, 0.717) is 0 Å². The van der Waals surface area contributed by atoms with E-state index in [2.05, 4.69) is 32.1 Å². The number of halogens is 1. The van der Waals surface area contributed by atoms with Crippen LogP contribution >= 0.6 is 24.0 Å². The van der Waals surface area contributed by atoms with Gasteiger partial charge in [0.2, 0.25) is 0 Å². The molecule has 0 aromatic heterocycles. The van der Waals surface area contributed by atoms with Crippen molar-refractivity contribution in [2.75, 3.05) is 79.7 Å². The zero-order valence-electron chi connectivity index (χ0n) is 17.1. The first-order chi connectivity index (χ1) is 12.8. The van der Waals surface area contributed by atoms with Crippen LogP contribution in [0.2, 0.25) is 0 Å². The summed E-state index contributed by atoms with van der Waals surface area (Å²) in [5.74, 6) is 1.01. The molecule has 0 radical (unpaired) electrons. The zero-order valence-corrected chi connectivity index (χ0v) is 19.4. The minimum absolute atomic E-state index is 0. The van der Waals surface area contributed by atoms with Crippen LogP contribution in [0.15, 0.2) is 4.99 Å². The van der Waals surface area contributed by atoms with Gasteiger partial charge in [0.25, 0.3) is 0 Å². The van der Waals surface area contributed by atoms with Gasteiger partial charge in [-0.15, -0.1) is 24.0 Å². The fourth-order valence-corrected chi connectivity index (χ4v) is 4.05. The molecule has 158 valence electrons. The summed E-state index contributed by atoms with van der Waals surface area (Å²) in [5.41, 5.74) is 0. The summed E-state index contributed by atoms with van der Waals surface area (Å²) >= 11 is 0. The van der Waals surface area contributed by atoms with E-state index in [-0.39, 0.29) is 36.2 Å². The Kier molecular flexibility index (Phi) is 10.6. The molecule has 1 N–H and O–H groups in total. The molecule has 3 heterocycles. The van der Waals surface area contributed by atoms with Crippen molar-refractivity contribution >= 4 is 29.9 Å². The summed E-state index contributed by atoms with van der Waals surface area (Å²) in [7, 11) is 4.09. The van der Waals surface area contributed by atoms with Gasteiger partial charge in [0.05, 0.1) is 12.7 Å². The average Bonchev–Trinajstić information content (AvgIpc) is 3.21. The van der Waals surface area contributed by atoms with E-state index in [9.17, 15) is 0 Å². The number of rotatable bonds is 6. The molecule has 0 amide bonds. The number of nitrogens with one attached hydrogen (secondary N) is 1. The van der Waals surface area contributed by atoms with E-state index in [1.54, 1.807) is 0 Å². The lowest BCUT2D eigenvalue weighted by Crippen LogP contribution is -2.53. The lowest BCUT2D eigenvalue weighted by molar-refractivity contribution is -0.0816. The van der Waals surface area contributed by atoms with Crippen LogP contribution in [0, 0.1) is 0 Å². The molecule has 2 unspecified atom stereocenters. The second-order valence-corrected chi connectivity index (χ2v) is 7.73. The molecule has 0 aliphatic carbocycles. The van der Waals surface area contributed by atoms with Crippen LogP contribution in [0.4, 0.5) is 0 Å². The van der Waals surface area contributed by atoms with Crippen LogP contribution in [-0.4, -0.2) is 113 Å². The highest BCUT2D eigenvalue weighted by atomic mass is 127. The highest BCUT2D eigenvalue weighted by Crippen LogP contribution is 2.21. The predicted octanol–water partition coefficient (Wildman–Crippen LogP) is 1.09. The first kappa shape index (κ1) is 23.1. The van der Waals surface area contributed by atoms with Gasteiger partial charge in [-0.3, -0.25) is 4.99 Å². The minimum atomic E-state index is 0. The minimum Gasteiger partial charge on any atom is -0.375 e. The molecular weight excluding hydrogens is 457 g/mol. The molecule has 3 rings (SSSR count). The summed E-state index contributed by atoms with van der Waals surface area (Å²) in [5, 5.41) is 3.55. The lowest BCUT2D eigenvalue weighted by atomic mass is 10.1. The van der Waals surface area contributed by atoms with E-state index in [1.165, 1.54) is 45.6 Å². The maximum absolute atomic E-state index is 5.95. The van der Waals surface area contributed by atoms with Crippen LogP contribution in [0.25, 0.3) is 0 Å². The quantitative estimate of drug-likeness (QED) is 0.258. The molecule has 3 aliphatic rings. The summed E-state index contributed by atoms with van der Waals surface area (Å²) in [6.07, 6.45) is 5.16. The Hall–Kier alpha value is -0.160. The summed E-state index contributed by atoms with van der Waals surface area (Å²) in [6, 6.07) is 0. The molecule has 3 aliphatic heterocycles. The van der Waals surface area contributed by atoms with Crippen molar-refractivity contribution in [2.45, 2.75) is 37.9 Å². The monoisotopic (exact) mass is 495 g/mol. The van der Waals surface area contributed by atoms with Crippen LogP contribution < -0.4 is 5.32 Å². The summed E-state index contributed by atoms with van der Waals surface area (Å²) in [4.78, 5) is 11.8. The second kappa shape index (κ2) is 12.4. The predicted molar refractivity (Wildman–Crippen MR) is 120 cm³/mol. The molecule has 3 saturated heterocycles. The number of unbranched alkanes of at least 4 members (excludes halogenated alkanes) is 1. The maximum Gasteiger partial charge on any atom is 0.193 e. The molecular formula is C19H38IN5O2. The molecule has 0 spiro atoms. The average molecular weight is 495 g/mol. The molecule has 0 bridgehead atoms. The topological polar surface area (TPSA) is 52.6 Å². The van der Waals surface area contributed by atoms with Gasteiger partial charge in [-0.05, 0) is 39.3 Å². The largest absolute Gasteiger partial charge is 0.375 e. The third-order valence-electron chi connectivity index (χ3n) is 5.76. The normalized spacial score (nSPS) is 28.2. The van der Waals surface area contributed by atoms with Gasteiger partial charge in [-0.1, -0.05) is 0 Å². The van der Waals surface area contributed by atoms with E-state index in [1.807, 2.05) is 7.05 Å². The fraction of sp³-hybridized carbons (Fsp3) is 0.947. The number of guanidine groups is 1.